The van der Waals surface area contributed by atoms with Gasteiger partial charge < -0.3 is 15.0 Å². The summed E-state index contributed by atoms with van der Waals surface area (Å²) in [5.41, 5.74) is 2.09. The van der Waals surface area contributed by atoms with Crippen molar-refractivity contribution in [3.8, 4) is 5.75 Å². The molecular formula is C22H27ClN2O3. The fraction of sp³-hybridized carbons (Fsp3) is 0.364. The summed E-state index contributed by atoms with van der Waals surface area (Å²) >= 11 is 6.09. The SMILES string of the molecule is CCCNC(=O)[C@H](C)N(Cc1ccc(C)cc1)C(=O)COc1ccccc1Cl. The standard InChI is InChI=1S/C22H27ClN2O3/c1-4-13-24-22(27)17(3)25(14-18-11-9-16(2)10-12-18)21(26)15-28-20-8-6-5-7-19(20)23/h5-12,17H,4,13-15H2,1-3H3,(H,24,27)/t17-/m0/s1. The van der Waals surface area contributed by atoms with E-state index in [0.29, 0.717) is 23.9 Å². The average molecular weight is 403 g/mol. The number of nitrogens with zero attached hydrogens (tertiary/aromatic N) is 1. The van der Waals surface area contributed by atoms with Crippen LogP contribution < -0.4 is 10.1 Å². The highest BCUT2D eigenvalue weighted by atomic mass is 35.5. The van der Waals surface area contributed by atoms with E-state index in [-0.39, 0.29) is 18.4 Å². The van der Waals surface area contributed by atoms with Crippen LogP contribution in [0.15, 0.2) is 48.5 Å². The van der Waals surface area contributed by atoms with E-state index in [2.05, 4.69) is 5.32 Å². The number of hydrogen-bond donors (Lipinski definition) is 1. The summed E-state index contributed by atoms with van der Waals surface area (Å²) in [4.78, 5) is 26.9. The van der Waals surface area contributed by atoms with Crippen molar-refractivity contribution in [2.24, 2.45) is 0 Å². The molecule has 0 aliphatic carbocycles. The number of benzene rings is 2. The second-order valence-electron chi connectivity index (χ2n) is 6.69. The minimum absolute atomic E-state index is 0.181. The summed E-state index contributed by atoms with van der Waals surface area (Å²) < 4.78 is 5.59. The van der Waals surface area contributed by atoms with Gasteiger partial charge in [0.2, 0.25) is 5.91 Å². The van der Waals surface area contributed by atoms with Crippen molar-refractivity contribution in [1.82, 2.24) is 10.2 Å². The molecule has 0 bridgehead atoms. The van der Waals surface area contributed by atoms with Crippen LogP contribution in [0.2, 0.25) is 5.02 Å². The van der Waals surface area contributed by atoms with Crippen molar-refractivity contribution in [3.05, 3.63) is 64.7 Å². The molecule has 0 radical (unpaired) electrons. The van der Waals surface area contributed by atoms with Crippen LogP contribution in [0.5, 0.6) is 5.75 Å². The molecule has 0 aromatic heterocycles. The predicted molar refractivity (Wildman–Crippen MR) is 111 cm³/mol. The lowest BCUT2D eigenvalue weighted by molar-refractivity contribution is -0.142. The first-order chi connectivity index (χ1) is 13.4. The van der Waals surface area contributed by atoms with E-state index in [0.717, 1.165) is 17.5 Å². The van der Waals surface area contributed by atoms with E-state index in [1.807, 2.05) is 38.1 Å². The van der Waals surface area contributed by atoms with Crippen molar-refractivity contribution in [3.63, 3.8) is 0 Å². The van der Waals surface area contributed by atoms with E-state index in [9.17, 15) is 9.59 Å². The van der Waals surface area contributed by atoms with Gasteiger partial charge in [-0.3, -0.25) is 9.59 Å². The Morgan fingerprint density at radius 1 is 1.14 bits per heavy atom. The van der Waals surface area contributed by atoms with Gasteiger partial charge in [-0.2, -0.15) is 0 Å². The molecule has 1 N–H and O–H groups in total. The van der Waals surface area contributed by atoms with Crippen LogP contribution in [0.3, 0.4) is 0 Å². The number of carbonyl (C=O) groups excluding carboxylic acids is 2. The Hall–Kier alpha value is -2.53. The maximum Gasteiger partial charge on any atom is 0.261 e. The molecule has 0 unspecified atom stereocenters. The quantitative estimate of drug-likeness (QED) is 0.690. The predicted octanol–water partition coefficient (Wildman–Crippen LogP) is 3.97. The smallest absolute Gasteiger partial charge is 0.261 e. The minimum Gasteiger partial charge on any atom is -0.482 e. The van der Waals surface area contributed by atoms with E-state index >= 15 is 0 Å². The van der Waals surface area contributed by atoms with Crippen molar-refractivity contribution in [2.45, 2.75) is 39.8 Å². The molecular weight excluding hydrogens is 376 g/mol. The first kappa shape index (κ1) is 21.8. The second kappa shape index (κ2) is 10.7. The summed E-state index contributed by atoms with van der Waals surface area (Å²) in [5.74, 6) is -0.0180. The highest BCUT2D eigenvalue weighted by Crippen LogP contribution is 2.23. The van der Waals surface area contributed by atoms with Crippen LogP contribution in [-0.4, -0.2) is 35.9 Å². The highest BCUT2D eigenvalue weighted by molar-refractivity contribution is 6.32. The fourth-order valence-corrected chi connectivity index (χ4v) is 2.84. The monoisotopic (exact) mass is 402 g/mol. The molecule has 1 atom stereocenters. The maximum atomic E-state index is 12.9. The molecule has 0 saturated carbocycles. The first-order valence-electron chi connectivity index (χ1n) is 9.42. The van der Waals surface area contributed by atoms with Crippen molar-refractivity contribution >= 4 is 23.4 Å². The number of carbonyl (C=O) groups is 2. The highest BCUT2D eigenvalue weighted by Gasteiger charge is 2.26. The number of nitrogens with one attached hydrogen (secondary N) is 1. The summed E-state index contributed by atoms with van der Waals surface area (Å²) in [5, 5.41) is 3.29. The molecule has 0 spiro atoms. The van der Waals surface area contributed by atoms with Gasteiger partial charge in [0.15, 0.2) is 6.61 Å². The molecule has 28 heavy (non-hydrogen) atoms. The second-order valence-corrected chi connectivity index (χ2v) is 7.10. The molecule has 6 heteroatoms. The normalized spacial score (nSPS) is 11.6. The number of rotatable bonds is 9. The molecule has 150 valence electrons. The average Bonchev–Trinajstić information content (AvgIpc) is 2.70. The Morgan fingerprint density at radius 3 is 2.46 bits per heavy atom. The van der Waals surface area contributed by atoms with Gasteiger partial charge in [-0.25, -0.2) is 0 Å². The van der Waals surface area contributed by atoms with Gasteiger partial charge in [-0.05, 0) is 38.0 Å². The first-order valence-corrected chi connectivity index (χ1v) is 9.80. The van der Waals surface area contributed by atoms with Gasteiger partial charge in [0.25, 0.3) is 5.91 Å². The van der Waals surface area contributed by atoms with E-state index in [4.69, 9.17) is 16.3 Å². The third kappa shape index (κ3) is 6.27. The topological polar surface area (TPSA) is 58.6 Å². The zero-order chi connectivity index (χ0) is 20.5. The molecule has 0 heterocycles. The van der Waals surface area contributed by atoms with E-state index in [1.165, 1.54) is 4.90 Å². The minimum atomic E-state index is -0.616. The van der Waals surface area contributed by atoms with Crippen LogP contribution in [0.4, 0.5) is 0 Å². The maximum absolute atomic E-state index is 12.9. The van der Waals surface area contributed by atoms with Gasteiger partial charge in [0.1, 0.15) is 11.8 Å². The zero-order valence-electron chi connectivity index (χ0n) is 16.6. The summed E-state index contributed by atoms with van der Waals surface area (Å²) in [6, 6.07) is 14.3. The molecule has 0 aliphatic heterocycles. The third-order valence-electron chi connectivity index (χ3n) is 4.38. The summed E-state index contributed by atoms with van der Waals surface area (Å²) in [6.45, 7) is 6.42. The van der Waals surface area contributed by atoms with Crippen LogP contribution in [0.25, 0.3) is 0 Å². The number of para-hydroxylation sites is 1. The van der Waals surface area contributed by atoms with Crippen LogP contribution in [-0.2, 0) is 16.1 Å². The Balaban J connectivity index is 2.13. The number of hydrogen-bond acceptors (Lipinski definition) is 3. The molecule has 0 fully saturated rings. The largest absolute Gasteiger partial charge is 0.482 e. The number of aryl methyl sites for hydroxylation is 1. The molecule has 5 nitrogen and oxygen atoms in total. The van der Waals surface area contributed by atoms with E-state index < -0.39 is 6.04 Å². The Morgan fingerprint density at radius 2 is 1.82 bits per heavy atom. The molecule has 2 aromatic rings. The fourth-order valence-electron chi connectivity index (χ4n) is 2.65. The van der Waals surface area contributed by atoms with Gasteiger partial charge in [0.05, 0.1) is 5.02 Å². The Kier molecular flexibility index (Phi) is 8.33. The van der Waals surface area contributed by atoms with Crippen LogP contribution >= 0.6 is 11.6 Å². The molecule has 2 rings (SSSR count). The zero-order valence-corrected chi connectivity index (χ0v) is 17.3. The lowest BCUT2D eigenvalue weighted by Crippen LogP contribution is -2.49. The lowest BCUT2D eigenvalue weighted by Gasteiger charge is -2.28. The number of ether oxygens (including phenoxy) is 1. The summed E-state index contributed by atoms with van der Waals surface area (Å²) in [6.07, 6.45) is 0.833. The Bertz CT molecular complexity index is 793. The van der Waals surface area contributed by atoms with E-state index in [1.54, 1.807) is 31.2 Å². The van der Waals surface area contributed by atoms with Crippen molar-refractivity contribution in [2.75, 3.05) is 13.2 Å². The molecule has 2 amide bonds. The number of halogens is 1. The third-order valence-corrected chi connectivity index (χ3v) is 4.69. The van der Waals surface area contributed by atoms with Crippen molar-refractivity contribution in [1.29, 1.82) is 0 Å². The van der Waals surface area contributed by atoms with Gasteiger partial charge in [-0.1, -0.05) is 60.5 Å². The van der Waals surface area contributed by atoms with Crippen LogP contribution in [0, 0.1) is 6.92 Å². The molecule has 2 aromatic carbocycles. The molecule has 0 aliphatic rings. The van der Waals surface area contributed by atoms with Crippen LogP contribution in [0.1, 0.15) is 31.4 Å². The van der Waals surface area contributed by atoms with Crippen molar-refractivity contribution < 1.29 is 14.3 Å². The molecule has 0 saturated heterocycles. The van der Waals surface area contributed by atoms with Gasteiger partial charge >= 0.3 is 0 Å². The summed E-state index contributed by atoms with van der Waals surface area (Å²) in [7, 11) is 0. The Labute approximate surface area is 171 Å². The number of amides is 2. The van der Waals surface area contributed by atoms with Gasteiger partial charge in [0, 0.05) is 13.1 Å². The van der Waals surface area contributed by atoms with Gasteiger partial charge in [-0.15, -0.1) is 0 Å². The lowest BCUT2D eigenvalue weighted by atomic mass is 10.1.